The van der Waals surface area contributed by atoms with E-state index in [-0.39, 0.29) is 5.91 Å². The summed E-state index contributed by atoms with van der Waals surface area (Å²) in [4.78, 5) is 15.9. The van der Waals surface area contributed by atoms with E-state index in [0.717, 1.165) is 5.01 Å². The molecule has 6 heteroatoms. The lowest BCUT2D eigenvalue weighted by molar-refractivity contribution is 0.0953. The van der Waals surface area contributed by atoms with Crippen LogP contribution in [0.25, 0.3) is 0 Å². The van der Waals surface area contributed by atoms with Gasteiger partial charge in [-0.05, 0) is 34.1 Å². The first kappa shape index (κ1) is 13.2. The van der Waals surface area contributed by atoms with Crippen molar-refractivity contribution in [2.45, 2.75) is 6.42 Å². The zero-order valence-electron chi connectivity index (χ0n) is 9.32. The second-order valence-corrected chi connectivity index (χ2v) is 5.39. The Morgan fingerprint density at radius 1 is 1.50 bits per heavy atom. The summed E-state index contributed by atoms with van der Waals surface area (Å²) in [6.07, 6.45) is 2.40. The SMILES string of the molecule is O=C(NCCc1nccs1)c1cc(F)ccc1Br. The first-order chi connectivity index (χ1) is 8.66. The fraction of sp³-hybridized carbons (Fsp3) is 0.167. The standard InChI is InChI=1S/C12H10BrFN2OS/c13-10-2-1-8(14)7-9(10)12(17)16-4-3-11-15-5-6-18-11/h1-2,5-7H,3-4H2,(H,16,17). The van der Waals surface area contributed by atoms with Crippen LogP contribution in [-0.2, 0) is 6.42 Å². The number of hydrogen-bond donors (Lipinski definition) is 1. The van der Waals surface area contributed by atoms with Gasteiger partial charge in [0, 0.05) is 29.0 Å². The normalized spacial score (nSPS) is 10.3. The number of carbonyl (C=O) groups excluding carboxylic acids is 1. The maximum Gasteiger partial charge on any atom is 0.252 e. The van der Waals surface area contributed by atoms with Gasteiger partial charge in [-0.1, -0.05) is 0 Å². The Hall–Kier alpha value is -1.27. The third-order valence-corrected chi connectivity index (χ3v) is 3.81. The van der Waals surface area contributed by atoms with Gasteiger partial charge >= 0.3 is 0 Å². The Morgan fingerprint density at radius 3 is 3.06 bits per heavy atom. The summed E-state index contributed by atoms with van der Waals surface area (Å²) >= 11 is 4.77. The van der Waals surface area contributed by atoms with E-state index in [0.29, 0.717) is 23.0 Å². The fourth-order valence-corrected chi connectivity index (χ4v) is 2.47. The first-order valence-electron chi connectivity index (χ1n) is 5.28. The summed E-state index contributed by atoms with van der Waals surface area (Å²) in [6, 6.07) is 4.03. The Bertz CT molecular complexity index is 545. The number of hydrogen-bond acceptors (Lipinski definition) is 3. The predicted octanol–water partition coefficient (Wildman–Crippen LogP) is 3.02. The third-order valence-electron chi connectivity index (χ3n) is 2.28. The van der Waals surface area contributed by atoms with Crippen LogP contribution >= 0.6 is 27.3 Å². The summed E-state index contributed by atoms with van der Waals surface area (Å²) in [5, 5.41) is 5.59. The third kappa shape index (κ3) is 3.36. The van der Waals surface area contributed by atoms with Crippen molar-refractivity contribution < 1.29 is 9.18 Å². The maximum absolute atomic E-state index is 13.0. The number of halogens is 2. The summed E-state index contributed by atoms with van der Waals surface area (Å²) < 4.78 is 13.6. The Morgan fingerprint density at radius 2 is 2.33 bits per heavy atom. The lowest BCUT2D eigenvalue weighted by atomic mass is 10.2. The molecule has 18 heavy (non-hydrogen) atoms. The number of carbonyl (C=O) groups is 1. The van der Waals surface area contributed by atoms with Gasteiger partial charge in [-0.25, -0.2) is 9.37 Å². The first-order valence-corrected chi connectivity index (χ1v) is 6.95. The summed E-state index contributed by atoms with van der Waals surface area (Å²) in [7, 11) is 0. The predicted molar refractivity (Wildman–Crippen MR) is 72.3 cm³/mol. The van der Waals surface area contributed by atoms with Gasteiger partial charge in [-0.3, -0.25) is 4.79 Å². The summed E-state index contributed by atoms with van der Waals surface area (Å²) in [5.74, 6) is -0.721. The van der Waals surface area contributed by atoms with E-state index >= 15 is 0 Å². The average Bonchev–Trinajstić information content (AvgIpc) is 2.85. The van der Waals surface area contributed by atoms with Gasteiger partial charge in [0.15, 0.2) is 0 Å². The van der Waals surface area contributed by atoms with Crippen LogP contribution in [0.4, 0.5) is 4.39 Å². The van der Waals surface area contributed by atoms with E-state index in [1.54, 1.807) is 17.5 Å². The summed E-state index contributed by atoms with van der Waals surface area (Å²) in [6.45, 7) is 0.481. The van der Waals surface area contributed by atoms with Gasteiger partial charge in [0.25, 0.3) is 5.91 Å². The maximum atomic E-state index is 13.0. The molecular formula is C12H10BrFN2OS. The summed E-state index contributed by atoms with van der Waals surface area (Å²) in [5.41, 5.74) is 0.300. The smallest absolute Gasteiger partial charge is 0.252 e. The van der Waals surface area contributed by atoms with Crippen LogP contribution in [0.5, 0.6) is 0 Å². The van der Waals surface area contributed by atoms with Crippen molar-refractivity contribution in [3.63, 3.8) is 0 Å². The van der Waals surface area contributed by atoms with Gasteiger partial charge < -0.3 is 5.32 Å². The van der Waals surface area contributed by atoms with Crippen LogP contribution < -0.4 is 5.32 Å². The molecule has 1 amide bonds. The Kier molecular flexibility index (Phi) is 4.43. The van der Waals surface area contributed by atoms with Crippen molar-refractivity contribution >= 4 is 33.2 Å². The molecule has 0 saturated heterocycles. The van der Waals surface area contributed by atoms with E-state index in [2.05, 4.69) is 26.2 Å². The molecule has 0 saturated carbocycles. The number of nitrogens with one attached hydrogen (secondary N) is 1. The molecule has 2 aromatic rings. The van der Waals surface area contributed by atoms with Gasteiger partial charge in [0.05, 0.1) is 10.6 Å². The minimum Gasteiger partial charge on any atom is -0.352 e. The molecule has 0 unspecified atom stereocenters. The minimum atomic E-state index is -0.428. The molecule has 3 nitrogen and oxygen atoms in total. The molecule has 0 radical (unpaired) electrons. The number of rotatable bonds is 4. The number of aromatic nitrogens is 1. The molecule has 0 atom stereocenters. The van der Waals surface area contributed by atoms with Gasteiger partial charge in [0.1, 0.15) is 5.82 Å². The van der Waals surface area contributed by atoms with Crippen LogP contribution in [0.1, 0.15) is 15.4 Å². The molecule has 0 spiro atoms. The molecule has 2 rings (SSSR count). The number of nitrogens with zero attached hydrogens (tertiary/aromatic N) is 1. The van der Waals surface area contributed by atoms with Crippen molar-refractivity contribution in [1.29, 1.82) is 0 Å². The second-order valence-electron chi connectivity index (χ2n) is 3.56. The lowest BCUT2D eigenvalue weighted by Crippen LogP contribution is -2.26. The van der Waals surface area contributed by atoms with Crippen LogP contribution in [-0.4, -0.2) is 17.4 Å². The molecule has 94 valence electrons. The molecule has 1 heterocycles. The van der Waals surface area contributed by atoms with Crippen molar-refractivity contribution in [3.05, 3.63) is 50.6 Å². The quantitative estimate of drug-likeness (QED) is 0.937. The van der Waals surface area contributed by atoms with E-state index < -0.39 is 5.82 Å². The van der Waals surface area contributed by atoms with Gasteiger partial charge in [-0.2, -0.15) is 0 Å². The minimum absolute atomic E-state index is 0.294. The molecule has 1 N–H and O–H groups in total. The Balaban J connectivity index is 1.93. The van der Waals surface area contributed by atoms with E-state index in [1.807, 2.05) is 5.38 Å². The molecule has 0 aliphatic carbocycles. The molecule has 1 aromatic carbocycles. The number of benzene rings is 1. The number of amides is 1. The fourth-order valence-electron chi connectivity index (χ4n) is 1.43. The van der Waals surface area contributed by atoms with E-state index in [9.17, 15) is 9.18 Å². The average molecular weight is 329 g/mol. The van der Waals surface area contributed by atoms with Crippen LogP contribution in [0.3, 0.4) is 0 Å². The van der Waals surface area contributed by atoms with E-state index in [1.165, 1.54) is 18.2 Å². The van der Waals surface area contributed by atoms with Crippen LogP contribution in [0.15, 0.2) is 34.2 Å². The molecule has 0 aliphatic rings. The molecule has 0 fully saturated rings. The highest BCUT2D eigenvalue weighted by Crippen LogP contribution is 2.17. The van der Waals surface area contributed by atoms with Crippen molar-refractivity contribution in [1.82, 2.24) is 10.3 Å². The van der Waals surface area contributed by atoms with Crippen LogP contribution in [0, 0.1) is 5.82 Å². The largest absolute Gasteiger partial charge is 0.352 e. The monoisotopic (exact) mass is 328 g/mol. The lowest BCUT2D eigenvalue weighted by Gasteiger charge is -2.06. The van der Waals surface area contributed by atoms with Crippen molar-refractivity contribution in [2.24, 2.45) is 0 Å². The second kappa shape index (κ2) is 6.06. The molecule has 0 bridgehead atoms. The van der Waals surface area contributed by atoms with Gasteiger partial charge in [0.2, 0.25) is 0 Å². The number of thiazole rings is 1. The molecule has 1 aromatic heterocycles. The topological polar surface area (TPSA) is 42.0 Å². The van der Waals surface area contributed by atoms with Crippen LogP contribution in [0.2, 0.25) is 0 Å². The zero-order chi connectivity index (χ0) is 13.0. The van der Waals surface area contributed by atoms with E-state index in [4.69, 9.17) is 0 Å². The highest BCUT2D eigenvalue weighted by Gasteiger charge is 2.10. The zero-order valence-corrected chi connectivity index (χ0v) is 11.7. The Labute approximate surface area is 116 Å². The highest BCUT2D eigenvalue weighted by molar-refractivity contribution is 9.10. The van der Waals surface area contributed by atoms with Gasteiger partial charge in [-0.15, -0.1) is 11.3 Å². The molecular weight excluding hydrogens is 319 g/mol. The van der Waals surface area contributed by atoms with Crippen molar-refractivity contribution in [2.75, 3.05) is 6.54 Å². The van der Waals surface area contributed by atoms with Crippen molar-refractivity contribution in [3.8, 4) is 0 Å². The highest BCUT2D eigenvalue weighted by atomic mass is 79.9. The molecule has 0 aliphatic heterocycles.